The number of anilines is 1. The number of methoxy groups -OCH3 is 1. The lowest BCUT2D eigenvalue weighted by Crippen LogP contribution is -2.37. The summed E-state index contributed by atoms with van der Waals surface area (Å²) in [5.74, 6) is 0.0400. The van der Waals surface area contributed by atoms with Gasteiger partial charge in [-0.3, -0.25) is 4.90 Å². The fourth-order valence-corrected chi connectivity index (χ4v) is 1.98. The Bertz CT molecular complexity index is 542. The zero-order valence-corrected chi connectivity index (χ0v) is 12.2. The third kappa shape index (κ3) is 2.53. The maximum atomic E-state index is 12.2. The Kier molecular flexibility index (Phi) is 4.04. The standard InChI is InChI=1S/C13H19N3O5/c1-5-6-15-10(17)11(18)16(12(15)19)9-7-8(14-21-9)13(2,3)20-4/h5,7,10-11,17-18H,1,6H2,2-4H3. The molecule has 1 aliphatic rings. The predicted octanol–water partition coefficient (Wildman–Crippen LogP) is 0.621. The van der Waals surface area contributed by atoms with Crippen molar-refractivity contribution in [1.82, 2.24) is 10.1 Å². The summed E-state index contributed by atoms with van der Waals surface area (Å²) in [5.41, 5.74) is -0.230. The van der Waals surface area contributed by atoms with E-state index >= 15 is 0 Å². The van der Waals surface area contributed by atoms with Crippen LogP contribution in [-0.4, -0.2) is 52.4 Å². The van der Waals surface area contributed by atoms with Crippen molar-refractivity contribution < 1.29 is 24.3 Å². The number of hydrogen-bond donors (Lipinski definition) is 2. The lowest BCUT2D eigenvalue weighted by molar-refractivity contribution is -0.0242. The number of hydrogen-bond acceptors (Lipinski definition) is 6. The second kappa shape index (κ2) is 5.47. The second-order valence-electron chi connectivity index (χ2n) is 5.19. The Morgan fingerprint density at radius 1 is 1.52 bits per heavy atom. The molecule has 2 atom stereocenters. The fourth-order valence-electron chi connectivity index (χ4n) is 1.98. The summed E-state index contributed by atoms with van der Waals surface area (Å²) < 4.78 is 10.4. The SMILES string of the molecule is C=CCN1C(=O)N(c2cc(C(C)(C)OC)no2)C(O)C1O. The van der Waals surface area contributed by atoms with Gasteiger partial charge in [0.25, 0.3) is 0 Å². The number of amides is 2. The monoisotopic (exact) mass is 297 g/mol. The van der Waals surface area contributed by atoms with Crippen LogP contribution in [0.25, 0.3) is 0 Å². The Morgan fingerprint density at radius 3 is 2.76 bits per heavy atom. The predicted molar refractivity (Wildman–Crippen MR) is 73.3 cm³/mol. The molecule has 0 saturated carbocycles. The van der Waals surface area contributed by atoms with E-state index in [1.807, 2.05) is 0 Å². The average molecular weight is 297 g/mol. The van der Waals surface area contributed by atoms with Gasteiger partial charge in [0.15, 0.2) is 12.5 Å². The first-order valence-corrected chi connectivity index (χ1v) is 6.42. The third-order valence-electron chi connectivity index (χ3n) is 3.49. The van der Waals surface area contributed by atoms with E-state index in [0.717, 1.165) is 9.80 Å². The number of urea groups is 1. The highest BCUT2D eigenvalue weighted by atomic mass is 16.5. The number of carbonyl (C=O) groups is 1. The van der Waals surface area contributed by atoms with Crippen molar-refractivity contribution in [3.63, 3.8) is 0 Å². The molecule has 1 saturated heterocycles. The molecular formula is C13H19N3O5. The van der Waals surface area contributed by atoms with Crippen LogP contribution in [-0.2, 0) is 10.3 Å². The van der Waals surface area contributed by atoms with E-state index in [-0.39, 0.29) is 12.4 Å². The molecule has 2 amide bonds. The first-order valence-electron chi connectivity index (χ1n) is 6.42. The van der Waals surface area contributed by atoms with Gasteiger partial charge in [-0.15, -0.1) is 6.58 Å². The third-order valence-corrected chi connectivity index (χ3v) is 3.49. The molecule has 1 aromatic heterocycles. The van der Waals surface area contributed by atoms with Gasteiger partial charge in [-0.1, -0.05) is 11.2 Å². The van der Waals surface area contributed by atoms with Gasteiger partial charge in [0.05, 0.1) is 0 Å². The Morgan fingerprint density at radius 2 is 2.19 bits per heavy atom. The van der Waals surface area contributed by atoms with E-state index in [9.17, 15) is 15.0 Å². The number of aromatic nitrogens is 1. The van der Waals surface area contributed by atoms with Gasteiger partial charge >= 0.3 is 6.03 Å². The maximum Gasteiger partial charge on any atom is 0.331 e. The molecule has 0 aromatic carbocycles. The van der Waals surface area contributed by atoms with Gasteiger partial charge in [0.2, 0.25) is 5.88 Å². The number of carbonyl (C=O) groups excluding carboxylic acids is 1. The molecule has 0 aliphatic carbocycles. The van der Waals surface area contributed by atoms with Gasteiger partial charge in [-0.25, -0.2) is 9.69 Å². The van der Waals surface area contributed by atoms with E-state index in [2.05, 4.69) is 11.7 Å². The summed E-state index contributed by atoms with van der Waals surface area (Å²) in [6, 6.07) is 0.905. The van der Waals surface area contributed by atoms with Gasteiger partial charge < -0.3 is 19.5 Å². The number of nitrogens with zero attached hydrogens (tertiary/aromatic N) is 3. The summed E-state index contributed by atoms with van der Waals surface area (Å²) >= 11 is 0. The van der Waals surface area contributed by atoms with Crippen LogP contribution in [0.5, 0.6) is 0 Å². The maximum absolute atomic E-state index is 12.2. The molecular weight excluding hydrogens is 278 g/mol. The van der Waals surface area contributed by atoms with Crippen LogP contribution >= 0.6 is 0 Å². The van der Waals surface area contributed by atoms with E-state index in [0.29, 0.717) is 5.69 Å². The van der Waals surface area contributed by atoms with Crippen molar-refractivity contribution in [3.05, 3.63) is 24.4 Å². The van der Waals surface area contributed by atoms with Crippen LogP contribution in [0.4, 0.5) is 10.7 Å². The fraction of sp³-hybridized carbons (Fsp3) is 0.538. The van der Waals surface area contributed by atoms with Crippen molar-refractivity contribution >= 4 is 11.9 Å². The van der Waals surface area contributed by atoms with E-state index in [4.69, 9.17) is 9.26 Å². The molecule has 0 radical (unpaired) electrons. The molecule has 0 bridgehead atoms. The van der Waals surface area contributed by atoms with Crippen molar-refractivity contribution in [2.24, 2.45) is 0 Å². The minimum atomic E-state index is -1.44. The van der Waals surface area contributed by atoms with Gasteiger partial charge in [0.1, 0.15) is 11.3 Å². The highest BCUT2D eigenvalue weighted by molar-refractivity contribution is 5.93. The summed E-state index contributed by atoms with van der Waals surface area (Å²) in [6.07, 6.45) is -1.35. The molecule has 1 aliphatic heterocycles. The minimum Gasteiger partial charge on any atom is -0.372 e. The summed E-state index contributed by atoms with van der Waals surface area (Å²) in [4.78, 5) is 14.2. The lowest BCUT2D eigenvalue weighted by Gasteiger charge is -2.19. The van der Waals surface area contributed by atoms with Crippen LogP contribution in [0.2, 0.25) is 0 Å². The minimum absolute atomic E-state index is 0.0400. The lowest BCUT2D eigenvalue weighted by atomic mass is 10.1. The Balaban J connectivity index is 2.30. The van der Waals surface area contributed by atoms with E-state index in [1.165, 1.54) is 19.3 Å². The summed E-state index contributed by atoms with van der Waals surface area (Å²) in [7, 11) is 1.53. The first-order chi connectivity index (χ1) is 9.83. The highest BCUT2D eigenvalue weighted by Crippen LogP contribution is 2.31. The number of aliphatic hydroxyl groups is 2. The smallest absolute Gasteiger partial charge is 0.331 e. The van der Waals surface area contributed by atoms with Crippen LogP contribution in [0, 0.1) is 0 Å². The molecule has 8 heteroatoms. The largest absolute Gasteiger partial charge is 0.372 e. The molecule has 1 fully saturated rings. The molecule has 0 spiro atoms. The number of ether oxygens (including phenoxy) is 1. The molecule has 1 aromatic rings. The molecule has 2 heterocycles. The average Bonchev–Trinajstić information content (AvgIpc) is 3.00. The zero-order chi connectivity index (χ0) is 15.8. The van der Waals surface area contributed by atoms with Crippen LogP contribution in [0.1, 0.15) is 19.5 Å². The normalized spacial score (nSPS) is 23.0. The zero-order valence-electron chi connectivity index (χ0n) is 12.2. The Labute approximate surface area is 122 Å². The van der Waals surface area contributed by atoms with Crippen molar-refractivity contribution in [1.29, 1.82) is 0 Å². The molecule has 116 valence electrons. The molecule has 2 unspecified atom stereocenters. The van der Waals surface area contributed by atoms with E-state index in [1.54, 1.807) is 13.8 Å². The van der Waals surface area contributed by atoms with Crippen molar-refractivity contribution in [2.45, 2.75) is 31.9 Å². The second-order valence-corrected chi connectivity index (χ2v) is 5.19. The Hall–Kier alpha value is -1.90. The van der Waals surface area contributed by atoms with Crippen LogP contribution < -0.4 is 4.90 Å². The van der Waals surface area contributed by atoms with Crippen LogP contribution in [0.15, 0.2) is 23.2 Å². The molecule has 2 rings (SSSR count). The van der Waals surface area contributed by atoms with Crippen LogP contribution in [0.3, 0.4) is 0 Å². The van der Waals surface area contributed by atoms with Gasteiger partial charge in [-0.05, 0) is 13.8 Å². The van der Waals surface area contributed by atoms with Gasteiger partial charge in [0, 0.05) is 19.7 Å². The molecule has 8 nitrogen and oxygen atoms in total. The quantitative estimate of drug-likeness (QED) is 0.773. The number of aliphatic hydroxyl groups excluding tert-OH is 2. The molecule has 21 heavy (non-hydrogen) atoms. The summed E-state index contributed by atoms with van der Waals surface area (Å²) in [5, 5.41) is 23.7. The van der Waals surface area contributed by atoms with E-state index < -0.39 is 24.1 Å². The summed E-state index contributed by atoms with van der Waals surface area (Å²) in [6.45, 7) is 7.19. The van der Waals surface area contributed by atoms with Gasteiger partial charge in [-0.2, -0.15) is 0 Å². The van der Waals surface area contributed by atoms with Crippen molar-refractivity contribution in [2.75, 3.05) is 18.6 Å². The first kappa shape index (κ1) is 15.5. The molecule has 2 N–H and O–H groups in total. The van der Waals surface area contributed by atoms with Crippen molar-refractivity contribution in [3.8, 4) is 0 Å². The topological polar surface area (TPSA) is 99.3 Å². The highest BCUT2D eigenvalue weighted by Gasteiger charge is 2.46. The number of rotatable bonds is 5.